The van der Waals surface area contributed by atoms with Gasteiger partial charge in [-0.15, -0.1) is 6.58 Å². The zero-order valence-corrected chi connectivity index (χ0v) is 23.4. The van der Waals surface area contributed by atoms with Crippen molar-refractivity contribution in [3.63, 3.8) is 0 Å². The van der Waals surface area contributed by atoms with Gasteiger partial charge in [-0.05, 0) is 122 Å². The maximum Gasteiger partial charge on any atom is 0.142 e. The van der Waals surface area contributed by atoms with Crippen molar-refractivity contribution in [3.8, 4) is 0 Å². The first-order valence-electron chi connectivity index (χ1n) is 14.6. The van der Waals surface area contributed by atoms with E-state index in [1.54, 1.807) is 0 Å². The molecule has 1 nitrogen and oxygen atoms in total. The molecule has 4 unspecified atom stereocenters. The molecule has 0 saturated heterocycles. The second-order valence-electron chi connectivity index (χ2n) is 15.4. The molecule has 5 aliphatic rings. The fraction of sp³-hybridized carbons (Fsp3) is 0.848. The van der Waals surface area contributed by atoms with E-state index in [2.05, 4.69) is 61.6 Å². The lowest BCUT2D eigenvalue weighted by Crippen LogP contribution is -2.67. The molecule has 34 heavy (non-hydrogen) atoms. The topological polar surface area (TPSA) is 17.1 Å². The molecule has 10 atom stereocenters. The standard InChI is InChI=1S/C33H52O/c1-10-11-22-20-31(7)25(29(4,5)28(22)34)15-17-33(9)26(31)13-12-24-27-23(21(2)3)14-16-30(27,6)18-19-32(24,33)8/h10,22-27H,1-2,11-20H2,3-9H3/t22-,23-,24?,25?,26?,27?,30+,31-,32+,33+/m0/s1. The lowest BCUT2D eigenvalue weighted by Gasteiger charge is -2.72. The summed E-state index contributed by atoms with van der Waals surface area (Å²) in [5.41, 5.74) is 2.80. The van der Waals surface area contributed by atoms with Gasteiger partial charge in [0.2, 0.25) is 0 Å². The van der Waals surface area contributed by atoms with Crippen molar-refractivity contribution < 1.29 is 4.79 Å². The molecule has 0 amide bonds. The SMILES string of the molecule is C=CC[C@H]1C[C@@]2(C)C(CC[C@]3(C)C2CCC2C4[C@H](C(=C)C)CC[C@]4(C)CC[C@]23C)C(C)(C)C1=O. The van der Waals surface area contributed by atoms with Gasteiger partial charge in [0.25, 0.3) is 0 Å². The predicted molar refractivity (Wildman–Crippen MR) is 143 cm³/mol. The summed E-state index contributed by atoms with van der Waals surface area (Å²) in [5, 5.41) is 0. The van der Waals surface area contributed by atoms with E-state index in [0.717, 1.165) is 36.5 Å². The average molecular weight is 465 g/mol. The summed E-state index contributed by atoms with van der Waals surface area (Å²) in [7, 11) is 0. The minimum absolute atomic E-state index is 0.166. The summed E-state index contributed by atoms with van der Waals surface area (Å²) in [6, 6.07) is 0. The van der Waals surface area contributed by atoms with Gasteiger partial charge in [-0.3, -0.25) is 4.79 Å². The van der Waals surface area contributed by atoms with Crippen LogP contribution >= 0.6 is 0 Å². The molecule has 190 valence electrons. The third-order valence-electron chi connectivity index (χ3n) is 13.8. The molecule has 0 N–H and O–H groups in total. The smallest absolute Gasteiger partial charge is 0.142 e. The monoisotopic (exact) mass is 464 g/mol. The molecule has 1 heteroatoms. The molecule has 0 aromatic heterocycles. The minimum Gasteiger partial charge on any atom is -0.299 e. The molecule has 5 rings (SSSR count). The second kappa shape index (κ2) is 7.58. The first-order valence-corrected chi connectivity index (χ1v) is 14.6. The minimum atomic E-state index is -0.207. The highest BCUT2D eigenvalue weighted by molar-refractivity contribution is 5.88. The molecular formula is C33H52O. The van der Waals surface area contributed by atoms with Gasteiger partial charge in [0.05, 0.1) is 0 Å². The van der Waals surface area contributed by atoms with Crippen LogP contribution in [0.1, 0.15) is 113 Å². The van der Waals surface area contributed by atoms with Gasteiger partial charge < -0.3 is 0 Å². The molecule has 0 aromatic rings. The van der Waals surface area contributed by atoms with E-state index in [0.29, 0.717) is 27.9 Å². The first-order chi connectivity index (χ1) is 15.8. The van der Waals surface area contributed by atoms with Crippen molar-refractivity contribution in [1.82, 2.24) is 0 Å². The van der Waals surface area contributed by atoms with Crippen LogP contribution in [0.15, 0.2) is 24.8 Å². The fourth-order valence-electron chi connectivity index (χ4n) is 12.0. The van der Waals surface area contributed by atoms with E-state index >= 15 is 0 Å². The van der Waals surface area contributed by atoms with Crippen LogP contribution in [0.25, 0.3) is 0 Å². The van der Waals surface area contributed by atoms with Gasteiger partial charge in [-0.25, -0.2) is 0 Å². The maximum atomic E-state index is 13.6. The highest BCUT2D eigenvalue weighted by Crippen LogP contribution is 2.77. The summed E-state index contributed by atoms with van der Waals surface area (Å²) in [5.74, 6) is 4.32. The third kappa shape index (κ3) is 2.94. The lowest BCUT2D eigenvalue weighted by molar-refractivity contribution is -0.236. The van der Waals surface area contributed by atoms with Crippen LogP contribution in [-0.4, -0.2) is 5.78 Å². The average Bonchev–Trinajstić information content (AvgIpc) is 3.10. The number of allylic oxidation sites excluding steroid dienone is 2. The van der Waals surface area contributed by atoms with Crippen LogP contribution < -0.4 is 0 Å². The van der Waals surface area contributed by atoms with Crippen molar-refractivity contribution in [2.75, 3.05) is 0 Å². The Morgan fingerprint density at radius 1 is 0.912 bits per heavy atom. The zero-order chi connectivity index (χ0) is 24.9. The van der Waals surface area contributed by atoms with Crippen molar-refractivity contribution in [3.05, 3.63) is 24.8 Å². The Bertz CT molecular complexity index is 896. The van der Waals surface area contributed by atoms with Gasteiger partial charge in [0.1, 0.15) is 5.78 Å². The fourth-order valence-corrected chi connectivity index (χ4v) is 12.0. The molecule has 0 aromatic carbocycles. The molecule has 0 heterocycles. The van der Waals surface area contributed by atoms with Crippen molar-refractivity contribution >= 4 is 5.78 Å². The van der Waals surface area contributed by atoms with Gasteiger partial charge in [0.15, 0.2) is 0 Å². The number of carbonyl (C=O) groups is 1. The zero-order valence-electron chi connectivity index (χ0n) is 23.4. The quantitative estimate of drug-likeness (QED) is 0.381. The van der Waals surface area contributed by atoms with E-state index in [1.807, 2.05) is 6.08 Å². The van der Waals surface area contributed by atoms with Gasteiger partial charge in [-0.2, -0.15) is 0 Å². The van der Waals surface area contributed by atoms with E-state index in [4.69, 9.17) is 0 Å². The van der Waals surface area contributed by atoms with Crippen LogP contribution in [-0.2, 0) is 4.79 Å². The molecular weight excluding hydrogens is 412 g/mol. The Morgan fingerprint density at radius 2 is 1.62 bits per heavy atom. The number of hydrogen-bond acceptors (Lipinski definition) is 1. The largest absolute Gasteiger partial charge is 0.299 e. The highest BCUT2D eigenvalue weighted by atomic mass is 16.1. The van der Waals surface area contributed by atoms with Gasteiger partial charge >= 0.3 is 0 Å². The third-order valence-corrected chi connectivity index (χ3v) is 13.8. The molecule has 0 radical (unpaired) electrons. The molecule has 0 aliphatic heterocycles. The number of fused-ring (bicyclic) bond motifs is 7. The van der Waals surface area contributed by atoms with E-state index in [1.165, 1.54) is 56.9 Å². The summed E-state index contributed by atoms with van der Waals surface area (Å²) >= 11 is 0. The van der Waals surface area contributed by atoms with E-state index in [-0.39, 0.29) is 16.7 Å². The highest BCUT2D eigenvalue weighted by Gasteiger charge is 2.70. The van der Waals surface area contributed by atoms with E-state index < -0.39 is 0 Å². The predicted octanol–water partition coefficient (Wildman–Crippen LogP) is 9.04. The number of Topliss-reactive ketones (excluding diaryl/α,β-unsaturated/α-hetero) is 1. The first kappa shape index (κ1) is 24.8. The number of rotatable bonds is 3. The Balaban J connectivity index is 1.55. The molecule has 0 spiro atoms. The number of carbonyl (C=O) groups excluding carboxylic acids is 1. The van der Waals surface area contributed by atoms with Crippen LogP contribution in [0, 0.1) is 62.6 Å². The number of hydrogen-bond donors (Lipinski definition) is 0. The molecule has 5 aliphatic carbocycles. The Kier molecular flexibility index (Phi) is 5.54. The summed E-state index contributed by atoms with van der Waals surface area (Å²) in [4.78, 5) is 13.6. The van der Waals surface area contributed by atoms with Gasteiger partial charge in [-0.1, -0.05) is 59.8 Å². The maximum absolute atomic E-state index is 13.6. The van der Waals surface area contributed by atoms with Crippen molar-refractivity contribution in [2.24, 2.45) is 62.6 Å². The van der Waals surface area contributed by atoms with Crippen molar-refractivity contribution in [1.29, 1.82) is 0 Å². The normalized spacial score (nSPS) is 53.8. The van der Waals surface area contributed by atoms with Crippen LogP contribution in [0.5, 0.6) is 0 Å². The molecule has 5 saturated carbocycles. The number of ketones is 1. The summed E-state index contributed by atoms with van der Waals surface area (Å²) < 4.78 is 0. The molecule has 5 fully saturated rings. The molecule has 0 bridgehead atoms. The lowest BCUT2D eigenvalue weighted by atomic mass is 9.32. The Hall–Kier alpha value is -0.850. The van der Waals surface area contributed by atoms with Crippen molar-refractivity contribution in [2.45, 2.75) is 113 Å². The van der Waals surface area contributed by atoms with Crippen LogP contribution in [0.4, 0.5) is 0 Å². The Morgan fingerprint density at radius 3 is 2.26 bits per heavy atom. The summed E-state index contributed by atoms with van der Waals surface area (Å²) in [6.07, 6.45) is 14.8. The summed E-state index contributed by atoms with van der Waals surface area (Å²) in [6.45, 7) is 26.1. The van der Waals surface area contributed by atoms with E-state index in [9.17, 15) is 4.79 Å². The van der Waals surface area contributed by atoms with Crippen LogP contribution in [0.2, 0.25) is 0 Å². The second-order valence-corrected chi connectivity index (χ2v) is 15.4. The Labute approximate surface area is 210 Å². The van der Waals surface area contributed by atoms with Crippen LogP contribution in [0.3, 0.4) is 0 Å². The van der Waals surface area contributed by atoms with Gasteiger partial charge in [0, 0.05) is 11.3 Å².